The van der Waals surface area contributed by atoms with Crippen molar-refractivity contribution in [2.24, 2.45) is 0 Å². The van der Waals surface area contributed by atoms with Crippen LogP contribution in [0.1, 0.15) is 83.5 Å². The number of aliphatic carboxylic acids is 1. The van der Waals surface area contributed by atoms with Crippen LogP contribution in [0.2, 0.25) is 0 Å². The van der Waals surface area contributed by atoms with E-state index >= 15 is 0 Å². The Balaban J connectivity index is 3.06. The quantitative estimate of drug-likeness (QED) is 0.255. The topological polar surface area (TPSA) is 37.3 Å². The summed E-state index contributed by atoms with van der Waals surface area (Å²) < 4.78 is 0. The summed E-state index contributed by atoms with van der Waals surface area (Å²) in [6.07, 6.45) is 19.2. The molecule has 0 aromatic rings. The van der Waals surface area contributed by atoms with Crippen LogP contribution in [0, 0.1) is 6.92 Å². The van der Waals surface area contributed by atoms with Crippen molar-refractivity contribution in [1.29, 1.82) is 0 Å². The zero-order valence-corrected chi connectivity index (χ0v) is 12.4. The van der Waals surface area contributed by atoms with Crippen LogP contribution in [-0.4, -0.2) is 11.1 Å². The van der Waals surface area contributed by atoms with E-state index in [1.54, 1.807) is 0 Å². The van der Waals surface area contributed by atoms with Crippen molar-refractivity contribution in [2.45, 2.75) is 83.5 Å². The third kappa shape index (κ3) is 17.2. The van der Waals surface area contributed by atoms with Gasteiger partial charge in [-0.15, -0.1) is 0 Å². The molecular weight excluding hydrogens is 236 g/mol. The van der Waals surface area contributed by atoms with E-state index in [1.807, 2.05) is 0 Å². The standard InChI is InChI=1S/C17H31O2/c1-2-3-4-5-6-7-8-9-10-11-12-13-14-15-16-17(18)19/h8-9H,1-7,10-16H2,(H,18,19)/q-1/b9-8-. The lowest BCUT2D eigenvalue weighted by Gasteiger charge is -1.99. The van der Waals surface area contributed by atoms with Crippen LogP contribution in [0.3, 0.4) is 0 Å². The highest BCUT2D eigenvalue weighted by molar-refractivity contribution is 5.66. The fraction of sp³-hybridized carbons (Fsp3) is 0.765. The molecule has 0 aromatic heterocycles. The zero-order chi connectivity index (χ0) is 14.2. The van der Waals surface area contributed by atoms with E-state index in [0.717, 1.165) is 19.3 Å². The molecule has 2 nitrogen and oxygen atoms in total. The summed E-state index contributed by atoms with van der Waals surface area (Å²) >= 11 is 0. The van der Waals surface area contributed by atoms with Crippen LogP contribution in [0.25, 0.3) is 0 Å². The maximum atomic E-state index is 10.3. The van der Waals surface area contributed by atoms with E-state index < -0.39 is 5.97 Å². The molecule has 0 saturated carbocycles. The van der Waals surface area contributed by atoms with Gasteiger partial charge in [0.2, 0.25) is 0 Å². The minimum atomic E-state index is -0.668. The molecule has 0 unspecified atom stereocenters. The highest BCUT2D eigenvalue weighted by Crippen LogP contribution is 2.09. The van der Waals surface area contributed by atoms with Gasteiger partial charge in [0, 0.05) is 6.42 Å². The normalized spacial score (nSPS) is 11.2. The zero-order valence-electron chi connectivity index (χ0n) is 12.4. The second kappa shape index (κ2) is 15.3. The molecule has 0 aliphatic heterocycles. The van der Waals surface area contributed by atoms with Gasteiger partial charge in [0.05, 0.1) is 0 Å². The van der Waals surface area contributed by atoms with Gasteiger partial charge in [-0.2, -0.15) is 6.42 Å². The fourth-order valence-corrected chi connectivity index (χ4v) is 2.10. The van der Waals surface area contributed by atoms with Gasteiger partial charge < -0.3 is 12.0 Å². The summed E-state index contributed by atoms with van der Waals surface area (Å²) in [6.45, 7) is 3.85. The largest absolute Gasteiger partial charge is 0.481 e. The van der Waals surface area contributed by atoms with E-state index in [-0.39, 0.29) is 0 Å². The van der Waals surface area contributed by atoms with E-state index in [4.69, 9.17) is 5.11 Å². The van der Waals surface area contributed by atoms with Gasteiger partial charge in [-0.25, -0.2) is 0 Å². The van der Waals surface area contributed by atoms with Crippen LogP contribution in [-0.2, 0) is 4.79 Å². The maximum Gasteiger partial charge on any atom is 0.303 e. The highest BCUT2D eigenvalue weighted by atomic mass is 16.4. The van der Waals surface area contributed by atoms with Crippen molar-refractivity contribution in [3.05, 3.63) is 19.1 Å². The summed E-state index contributed by atoms with van der Waals surface area (Å²) in [4.78, 5) is 10.3. The Bertz CT molecular complexity index is 221. The second-order valence-electron chi connectivity index (χ2n) is 5.23. The predicted molar refractivity (Wildman–Crippen MR) is 82.2 cm³/mol. The summed E-state index contributed by atoms with van der Waals surface area (Å²) in [5.74, 6) is -0.668. The monoisotopic (exact) mass is 267 g/mol. The molecule has 0 saturated heterocycles. The average molecular weight is 267 g/mol. The van der Waals surface area contributed by atoms with Gasteiger partial charge in [-0.3, -0.25) is 4.79 Å². The molecule has 0 heterocycles. The Kier molecular flexibility index (Phi) is 14.6. The van der Waals surface area contributed by atoms with Crippen LogP contribution in [0.15, 0.2) is 12.2 Å². The van der Waals surface area contributed by atoms with E-state index in [1.165, 1.54) is 57.8 Å². The molecule has 0 aliphatic rings. The first-order valence-electron chi connectivity index (χ1n) is 7.93. The minimum Gasteiger partial charge on any atom is -0.481 e. The predicted octanol–water partition coefficient (Wildman–Crippen LogP) is 5.53. The number of carbonyl (C=O) groups is 1. The summed E-state index contributed by atoms with van der Waals surface area (Å²) in [5.41, 5.74) is 0. The Labute approximate surface area is 119 Å². The average Bonchev–Trinajstić information content (AvgIpc) is 2.39. The van der Waals surface area contributed by atoms with Crippen LogP contribution in [0.4, 0.5) is 0 Å². The number of carboxylic acid groups (broad SMARTS) is 1. The van der Waals surface area contributed by atoms with Crippen molar-refractivity contribution in [3.8, 4) is 0 Å². The van der Waals surface area contributed by atoms with Gasteiger partial charge >= 0.3 is 5.97 Å². The van der Waals surface area contributed by atoms with E-state index in [0.29, 0.717) is 6.42 Å². The molecule has 1 N–H and O–H groups in total. The summed E-state index contributed by atoms with van der Waals surface area (Å²) in [7, 11) is 0. The van der Waals surface area contributed by atoms with Crippen molar-refractivity contribution in [2.75, 3.05) is 0 Å². The number of hydrogen-bond acceptors (Lipinski definition) is 1. The Morgan fingerprint density at radius 1 is 0.789 bits per heavy atom. The molecule has 0 aromatic carbocycles. The molecule has 0 radical (unpaired) electrons. The number of allylic oxidation sites excluding steroid dienone is 2. The third-order valence-corrected chi connectivity index (χ3v) is 3.30. The van der Waals surface area contributed by atoms with Crippen LogP contribution in [0.5, 0.6) is 0 Å². The van der Waals surface area contributed by atoms with Gasteiger partial charge in [0.25, 0.3) is 0 Å². The van der Waals surface area contributed by atoms with E-state index in [9.17, 15) is 4.79 Å². The Hall–Kier alpha value is -0.790. The minimum absolute atomic E-state index is 0.327. The second-order valence-corrected chi connectivity index (χ2v) is 5.23. The molecule has 2 heteroatoms. The lowest BCUT2D eigenvalue weighted by molar-refractivity contribution is -0.137. The smallest absolute Gasteiger partial charge is 0.303 e. The van der Waals surface area contributed by atoms with Crippen LogP contribution >= 0.6 is 0 Å². The molecule has 0 spiro atoms. The fourth-order valence-electron chi connectivity index (χ4n) is 2.10. The summed E-state index contributed by atoms with van der Waals surface area (Å²) in [5, 5.41) is 8.49. The molecule has 0 bridgehead atoms. The molecule has 112 valence electrons. The first-order chi connectivity index (χ1) is 9.27. The van der Waals surface area contributed by atoms with E-state index in [2.05, 4.69) is 19.1 Å². The molecule has 0 amide bonds. The lowest BCUT2D eigenvalue weighted by atomic mass is 10.1. The highest BCUT2D eigenvalue weighted by Gasteiger charge is 1.95. The van der Waals surface area contributed by atoms with Crippen molar-refractivity contribution >= 4 is 5.97 Å². The van der Waals surface area contributed by atoms with Crippen LogP contribution < -0.4 is 0 Å². The van der Waals surface area contributed by atoms with Gasteiger partial charge in [0.15, 0.2) is 0 Å². The number of rotatable bonds is 14. The molecule has 19 heavy (non-hydrogen) atoms. The van der Waals surface area contributed by atoms with Gasteiger partial charge in [-0.1, -0.05) is 50.7 Å². The SMILES string of the molecule is [CH2-]CCCCCC/C=C\CCCCCCCC(=O)O. The molecule has 0 fully saturated rings. The van der Waals surface area contributed by atoms with Crippen molar-refractivity contribution in [1.82, 2.24) is 0 Å². The maximum absolute atomic E-state index is 10.3. The third-order valence-electron chi connectivity index (χ3n) is 3.30. The summed E-state index contributed by atoms with van der Waals surface area (Å²) in [6, 6.07) is 0. The lowest BCUT2D eigenvalue weighted by Crippen LogP contribution is -1.93. The molecule has 0 rings (SSSR count). The van der Waals surface area contributed by atoms with Gasteiger partial charge in [-0.05, 0) is 32.1 Å². The Morgan fingerprint density at radius 3 is 1.79 bits per heavy atom. The Morgan fingerprint density at radius 2 is 1.26 bits per heavy atom. The number of hydrogen-bond donors (Lipinski definition) is 1. The van der Waals surface area contributed by atoms with Crippen molar-refractivity contribution < 1.29 is 9.90 Å². The first kappa shape index (κ1) is 18.2. The first-order valence-corrected chi connectivity index (χ1v) is 7.93. The number of unbranched alkanes of at least 4 members (excludes halogenated alkanes) is 10. The van der Waals surface area contributed by atoms with Crippen molar-refractivity contribution in [3.63, 3.8) is 0 Å². The molecule has 0 aliphatic carbocycles. The molecular formula is C17H31O2-. The molecule has 0 atom stereocenters. The number of carboxylic acids is 1. The van der Waals surface area contributed by atoms with Gasteiger partial charge in [0.1, 0.15) is 0 Å².